The van der Waals surface area contributed by atoms with Crippen molar-refractivity contribution in [3.05, 3.63) is 81.5 Å². The van der Waals surface area contributed by atoms with Crippen LogP contribution in [-0.2, 0) is 11.3 Å². The van der Waals surface area contributed by atoms with Crippen LogP contribution in [0.4, 0.5) is 0 Å². The van der Waals surface area contributed by atoms with E-state index in [1.54, 1.807) is 35.3 Å². The molecule has 0 unspecified atom stereocenters. The summed E-state index contributed by atoms with van der Waals surface area (Å²) in [7, 11) is 0. The summed E-state index contributed by atoms with van der Waals surface area (Å²) in [6.45, 7) is 5.62. The van der Waals surface area contributed by atoms with Crippen LogP contribution in [0.2, 0.25) is 0 Å². The molecule has 0 spiro atoms. The molecule has 0 aliphatic heterocycles. The van der Waals surface area contributed by atoms with Crippen molar-refractivity contribution in [3.8, 4) is 0 Å². The molecule has 9 heteroatoms. The van der Waals surface area contributed by atoms with E-state index in [0.717, 1.165) is 11.1 Å². The standard InChI is InChI=1S/C24H26N6O3/c1-3-33-12-6-10-27-23(31)18-13-19-22(28-21-16(2)7-5-11-29(21)24(19)32)30(20(18)25)15-17-8-4-9-26-14-17/h4-5,7-9,11,13-14,25H,3,6,10,12,15H2,1-2H3,(H,27,31). The Hall–Kier alpha value is -3.85. The predicted molar refractivity (Wildman–Crippen MR) is 124 cm³/mol. The molecule has 170 valence electrons. The summed E-state index contributed by atoms with van der Waals surface area (Å²) in [6.07, 6.45) is 5.67. The molecule has 0 atom stereocenters. The normalized spacial score (nSPS) is 11.2. The lowest BCUT2D eigenvalue weighted by molar-refractivity contribution is 0.0942. The lowest BCUT2D eigenvalue weighted by Crippen LogP contribution is -2.35. The Morgan fingerprint density at radius 3 is 2.85 bits per heavy atom. The van der Waals surface area contributed by atoms with Gasteiger partial charge in [0.05, 0.1) is 17.5 Å². The lowest BCUT2D eigenvalue weighted by Gasteiger charge is -2.15. The summed E-state index contributed by atoms with van der Waals surface area (Å²) >= 11 is 0. The van der Waals surface area contributed by atoms with E-state index in [-0.39, 0.29) is 28.5 Å². The van der Waals surface area contributed by atoms with Gasteiger partial charge in [0, 0.05) is 38.3 Å². The first-order chi connectivity index (χ1) is 16.0. The summed E-state index contributed by atoms with van der Waals surface area (Å²) in [5.74, 6) is -0.410. The molecule has 0 bridgehead atoms. The molecule has 1 amide bonds. The van der Waals surface area contributed by atoms with Gasteiger partial charge in [-0.25, -0.2) is 4.98 Å². The zero-order valence-corrected chi connectivity index (χ0v) is 18.7. The Balaban J connectivity index is 1.87. The quantitative estimate of drug-likeness (QED) is 0.318. The maximum atomic E-state index is 13.4. The van der Waals surface area contributed by atoms with Crippen LogP contribution >= 0.6 is 0 Å². The van der Waals surface area contributed by atoms with Crippen LogP contribution in [0.5, 0.6) is 0 Å². The topological polar surface area (TPSA) is 114 Å². The average molecular weight is 447 g/mol. The molecule has 0 radical (unpaired) electrons. The van der Waals surface area contributed by atoms with Gasteiger partial charge in [0.2, 0.25) is 0 Å². The van der Waals surface area contributed by atoms with Crippen LogP contribution < -0.4 is 16.4 Å². The summed E-state index contributed by atoms with van der Waals surface area (Å²) in [6, 6.07) is 8.82. The van der Waals surface area contributed by atoms with Crippen molar-refractivity contribution < 1.29 is 9.53 Å². The van der Waals surface area contributed by atoms with Gasteiger partial charge < -0.3 is 14.6 Å². The molecule has 0 aliphatic rings. The summed E-state index contributed by atoms with van der Waals surface area (Å²) < 4.78 is 8.37. The van der Waals surface area contributed by atoms with Gasteiger partial charge in [-0.1, -0.05) is 12.1 Å². The maximum absolute atomic E-state index is 13.4. The third-order valence-electron chi connectivity index (χ3n) is 5.40. The Morgan fingerprint density at radius 2 is 2.09 bits per heavy atom. The molecule has 4 rings (SSSR count). The first kappa shape index (κ1) is 22.3. The van der Waals surface area contributed by atoms with Gasteiger partial charge in [-0.15, -0.1) is 0 Å². The SMILES string of the molecule is CCOCCCNC(=O)c1cc2c(=O)n3cccc(C)c3nc2n(Cc2cccnc2)c1=N. The zero-order chi connectivity index (χ0) is 23.4. The number of ether oxygens (including phenoxy) is 1. The van der Waals surface area contributed by atoms with Crippen LogP contribution in [0.3, 0.4) is 0 Å². The number of carbonyl (C=O) groups excluding carboxylic acids is 1. The molecule has 4 aromatic heterocycles. The number of aromatic nitrogens is 4. The second-order valence-electron chi connectivity index (χ2n) is 7.70. The molecule has 2 N–H and O–H groups in total. The fourth-order valence-corrected chi connectivity index (χ4v) is 3.71. The van der Waals surface area contributed by atoms with Crippen molar-refractivity contribution in [2.24, 2.45) is 0 Å². The van der Waals surface area contributed by atoms with Crippen molar-refractivity contribution >= 4 is 22.6 Å². The van der Waals surface area contributed by atoms with E-state index >= 15 is 0 Å². The highest BCUT2D eigenvalue weighted by atomic mass is 16.5. The predicted octanol–water partition coefficient (Wildman–Crippen LogP) is 2.04. The number of nitrogens with zero attached hydrogens (tertiary/aromatic N) is 4. The van der Waals surface area contributed by atoms with Crippen molar-refractivity contribution in [2.45, 2.75) is 26.8 Å². The lowest BCUT2D eigenvalue weighted by atomic mass is 10.1. The van der Waals surface area contributed by atoms with Crippen LogP contribution in [0.1, 0.15) is 34.8 Å². The molecule has 0 saturated carbocycles. The number of nitrogens with one attached hydrogen (secondary N) is 2. The molecule has 4 heterocycles. The molecule has 0 saturated heterocycles. The van der Waals surface area contributed by atoms with Gasteiger partial charge >= 0.3 is 0 Å². The van der Waals surface area contributed by atoms with Crippen LogP contribution in [0.15, 0.2) is 53.7 Å². The van der Waals surface area contributed by atoms with E-state index in [1.807, 2.05) is 26.0 Å². The third-order valence-corrected chi connectivity index (χ3v) is 5.40. The highest BCUT2D eigenvalue weighted by molar-refractivity contribution is 5.96. The number of carbonyl (C=O) groups is 1. The maximum Gasteiger partial charge on any atom is 0.267 e. The molecular formula is C24H26N6O3. The number of rotatable bonds is 8. The molecule has 33 heavy (non-hydrogen) atoms. The molecular weight excluding hydrogens is 420 g/mol. The Labute approximate surface area is 190 Å². The van der Waals surface area contributed by atoms with Crippen molar-refractivity contribution in [3.63, 3.8) is 0 Å². The Kier molecular flexibility index (Phi) is 6.60. The number of pyridine rings is 3. The highest BCUT2D eigenvalue weighted by Crippen LogP contribution is 2.14. The molecule has 0 fully saturated rings. The van der Waals surface area contributed by atoms with E-state index in [4.69, 9.17) is 15.1 Å². The highest BCUT2D eigenvalue weighted by Gasteiger charge is 2.18. The minimum atomic E-state index is -0.410. The van der Waals surface area contributed by atoms with Crippen LogP contribution in [0, 0.1) is 12.3 Å². The second-order valence-corrected chi connectivity index (χ2v) is 7.70. The summed E-state index contributed by atoms with van der Waals surface area (Å²) in [5.41, 5.74) is 2.36. The first-order valence-electron chi connectivity index (χ1n) is 10.9. The number of hydrogen-bond donors (Lipinski definition) is 2. The van der Waals surface area contributed by atoms with E-state index in [2.05, 4.69) is 10.3 Å². The fraction of sp³-hybridized carbons (Fsp3) is 0.292. The average Bonchev–Trinajstić information content (AvgIpc) is 2.82. The third kappa shape index (κ3) is 4.54. The minimum Gasteiger partial charge on any atom is -0.382 e. The van der Waals surface area contributed by atoms with Gasteiger partial charge in [-0.2, -0.15) is 0 Å². The Morgan fingerprint density at radius 1 is 1.24 bits per heavy atom. The second kappa shape index (κ2) is 9.74. The van der Waals surface area contributed by atoms with Gasteiger partial charge in [0.25, 0.3) is 11.5 Å². The fourth-order valence-electron chi connectivity index (χ4n) is 3.71. The van der Waals surface area contributed by atoms with E-state index < -0.39 is 5.91 Å². The monoisotopic (exact) mass is 446 g/mol. The first-order valence-corrected chi connectivity index (χ1v) is 10.9. The Bertz CT molecular complexity index is 1430. The number of amides is 1. The number of fused-ring (bicyclic) bond motifs is 2. The van der Waals surface area contributed by atoms with Crippen molar-refractivity contribution in [1.82, 2.24) is 24.3 Å². The van der Waals surface area contributed by atoms with Gasteiger partial charge in [0.15, 0.2) is 0 Å². The van der Waals surface area contributed by atoms with Gasteiger partial charge in [0.1, 0.15) is 16.8 Å². The van der Waals surface area contributed by atoms with Crippen molar-refractivity contribution in [1.29, 1.82) is 5.41 Å². The van der Waals surface area contributed by atoms with E-state index in [1.165, 1.54) is 10.5 Å². The zero-order valence-electron chi connectivity index (χ0n) is 18.7. The summed E-state index contributed by atoms with van der Waals surface area (Å²) in [4.78, 5) is 35.2. The number of hydrogen-bond acceptors (Lipinski definition) is 6. The molecule has 4 aromatic rings. The van der Waals surface area contributed by atoms with Crippen LogP contribution in [0.25, 0.3) is 16.7 Å². The largest absolute Gasteiger partial charge is 0.382 e. The molecule has 0 aromatic carbocycles. The summed E-state index contributed by atoms with van der Waals surface area (Å²) in [5, 5.41) is 11.9. The van der Waals surface area contributed by atoms with Crippen LogP contribution in [-0.4, -0.2) is 44.6 Å². The van der Waals surface area contributed by atoms with Crippen molar-refractivity contribution in [2.75, 3.05) is 19.8 Å². The minimum absolute atomic E-state index is 0.0153. The molecule has 9 nitrogen and oxygen atoms in total. The number of aryl methyl sites for hydroxylation is 1. The smallest absolute Gasteiger partial charge is 0.267 e. The van der Waals surface area contributed by atoms with E-state index in [0.29, 0.717) is 37.5 Å². The van der Waals surface area contributed by atoms with E-state index in [9.17, 15) is 9.59 Å². The van der Waals surface area contributed by atoms with Gasteiger partial charge in [-0.3, -0.25) is 24.4 Å². The van der Waals surface area contributed by atoms with Gasteiger partial charge in [-0.05, 0) is 49.6 Å². The molecule has 0 aliphatic carbocycles.